The van der Waals surface area contributed by atoms with Crippen molar-refractivity contribution in [3.05, 3.63) is 77.8 Å². The number of thiophene rings is 1. The highest BCUT2D eigenvalue weighted by Crippen LogP contribution is 2.34. The van der Waals surface area contributed by atoms with Crippen LogP contribution >= 0.6 is 11.3 Å². The monoisotopic (exact) mass is 455 g/mol. The first-order chi connectivity index (χ1) is 15.0. The molecule has 0 spiro atoms. The lowest BCUT2D eigenvalue weighted by Gasteiger charge is -2.13. The Morgan fingerprint density at radius 2 is 1.84 bits per heavy atom. The molecule has 1 N–H and O–H groups in total. The van der Waals surface area contributed by atoms with Crippen molar-refractivity contribution in [2.75, 3.05) is 18.9 Å². The smallest absolute Gasteiger partial charge is 0.265 e. The van der Waals surface area contributed by atoms with E-state index < -0.39 is 10.0 Å². The number of benzene rings is 2. The Morgan fingerprint density at radius 1 is 1.03 bits per heavy atom. The summed E-state index contributed by atoms with van der Waals surface area (Å²) in [6.45, 7) is 0.456. The number of methoxy groups -OCH3 is 2. The SMILES string of the molecule is COc1ccc(OC)c(NS(=O)(=O)c2cn(Cc3ccccc3)nc2-c2cccs2)c1. The highest BCUT2D eigenvalue weighted by Gasteiger charge is 2.26. The molecule has 31 heavy (non-hydrogen) atoms. The number of anilines is 1. The normalized spacial score (nSPS) is 11.3. The van der Waals surface area contributed by atoms with E-state index in [9.17, 15) is 8.42 Å². The number of aromatic nitrogens is 2. The number of sulfonamides is 1. The van der Waals surface area contributed by atoms with E-state index in [0.29, 0.717) is 23.7 Å². The molecule has 0 aliphatic heterocycles. The van der Waals surface area contributed by atoms with Crippen molar-refractivity contribution < 1.29 is 17.9 Å². The largest absolute Gasteiger partial charge is 0.497 e. The molecule has 0 radical (unpaired) electrons. The quantitative estimate of drug-likeness (QED) is 0.424. The number of nitrogens with one attached hydrogen (secondary N) is 1. The van der Waals surface area contributed by atoms with Gasteiger partial charge in [-0.1, -0.05) is 36.4 Å². The van der Waals surface area contributed by atoms with Gasteiger partial charge in [-0.15, -0.1) is 11.3 Å². The fourth-order valence-corrected chi connectivity index (χ4v) is 5.14. The summed E-state index contributed by atoms with van der Waals surface area (Å²) in [6.07, 6.45) is 1.55. The summed E-state index contributed by atoms with van der Waals surface area (Å²) in [6, 6.07) is 18.4. The third kappa shape index (κ3) is 4.57. The minimum absolute atomic E-state index is 0.0933. The van der Waals surface area contributed by atoms with E-state index in [0.717, 1.165) is 10.4 Å². The molecule has 0 unspecified atom stereocenters. The second-order valence-electron chi connectivity index (χ2n) is 6.67. The molecule has 0 atom stereocenters. The van der Waals surface area contributed by atoms with E-state index in [1.54, 1.807) is 29.1 Å². The molecule has 0 saturated carbocycles. The number of hydrogen-bond acceptors (Lipinski definition) is 6. The molecule has 0 bridgehead atoms. The maximum atomic E-state index is 13.4. The number of ether oxygens (including phenoxy) is 2. The predicted molar refractivity (Wildman–Crippen MR) is 121 cm³/mol. The number of nitrogens with zero attached hydrogens (tertiary/aromatic N) is 2. The molecule has 2 heterocycles. The molecule has 0 aliphatic carbocycles. The van der Waals surface area contributed by atoms with Crippen LogP contribution in [0.1, 0.15) is 5.56 Å². The van der Waals surface area contributed by atoms with Crippen LogP contribution in [0.4, 0.5) is 5.69 Å². The number of hydrogen-bond donors (Lipinski definition) is 1. The van der Waals surface area contributed by atoms with Crippen LogP contribution in [0.25, 0.3) is 10.6 Å². The molecular formula is C22H21N3O4S2. The average molecular weight is 456 g/mol. The van der Waals surface area contributed by atoms with Gasteiger partial charge in [-0.05, 0) is 29.1 Å². The molecule has 4 aromatic rings. The van der Waals surface area contributed by atoms with Gasteiger partial charge >= 0.3 is 0 Å². The summed E-state index contributed by atoms with van der Waals surface area (Å²) in [7, 11) is -0.964. The Morgan fingerprint density at radius 3 is 2.52 bits per heavy atom. The van der Waals surface area contributed by atoms with Crippen LogP contribution in [0.3, 0.4) is 0 Å². The fourth-order valence-electron chi connectivity index (χ4n) is 3.13. The van der Waals surface area contributed by atoms with Gasteiger partial charge in [-0.25, -0.2) is 8.42 Å². The average Bonchev–Trinajstić information content (AvgIpc) is 3.44. The van der Waals surface area contributed by atoms with Gasteiger partial charge in [-0.3, -0.25) is 9.40 Å². The summed E-state index contributed by atoms with van der Waals surface area (Å²) in [5.41, 5.74) is 1.71. The first-order valence-electron chi connectivity index (χ1n) is 9.40. The summed E-state index contributed by atoms with van der Waals surface area (Å²) in [4.78, 5) is 0.862. The molecule has 2 aromatic heterocycles. The topological polar surface area (TPSA) is 82.5 Å². The zero-order valence-electron chi connectivity index (χ0n) is 17.0. The third-order valence-corrected chi connectivity index (χ3v) is 6.85. The second kappa shape index (κ2) is 8.83. The summed E-state index contributed by atoms with van der Waals surface area (Å²) in [5.74, 6) is 0.899. The third-order valence-electron chi connectivity index (χ3n) is 4.61. The van der Waals surface area contributed by atoms with Gasteiger partial charge in [0, 0.05) is 12.3 Å². The molecule has 2 aromatic carbocycles. The summed E-state index contributed by atoms with van der Waals surface area (Å²) >= 11 is 1.43. The van der Waals surface area contributed by atoms with Crippen LogP contribution in [-0.4, -0.2) is 32.4 Å². The van der Waals surface area contributed by atoms with E-state index in [4.69, 9.17) is 9.47 Å². The van der Waals surface area contributed by atoms with E-state index in [1.165, 1.54) is 25.6 Å². The Balaban J connectivity index is 1.75. The zero-order chi connectivity index (χ0) is 21.8. The van der Waals surface area contributed by atoms with Crippen LogP contribution in [0.15, 0.2) is 77.1 Å². The van der Waals surface area contributed by atoms with Crippen LogP contribution in [-0.2, 0) is 16.6 Å². The van der Waals surface area contributed by atoms with Gasteiger partial charge < -0.3 is 9.47 Å². The first-order valence-corrected chi connectivity index (χ1v) is 11.8. The summed E-state index contributed by atoms with van der Waals surface area (Å²) < 4.78 is 41.6. The molecule has 0 saturated heterocycles. The summed E-state index contributed by atoms with van der Waals surface area (Å²) in [5, 5.41) is 6.47. The van der Waals surface area contributed by atoms with Gasteiger partial charge in [0.1, 0.15) is 22.1 Å². The maximum absolute atomic E-state index is 13.4. The van der Waals surface area contributed by atoms with E-state index in [-0.39, 0.29) is 10.6 Å². The lowest BCUT2D eigenvalue weighted by molar-refractivity contribution is 0.405. The Hall–Kier alpha value is -3.30. The molecule has 7 nitrogen and oxygen atoms in total. The fraction of sp³-hybridized carbons (Fsp3) is 0.136. The van der Waals surface area contributed by atoms with Crippen LogP contribution < -0.4 is 14.2 Å². The van der Waals surface area contributed by atoms with Crippen LogP contribution in [0, 0.1) is 0 Å². The molecular weight excluding hydrogens is 434 g/mol. The van der Waals surface area contributed by atoms with Crippen molar-refractivity contribution >= 4 is 27.0 Å². The Kier molecular flexibility index (Phi) is 5.97. The van der Waals surface area contributed by atoms with Crippen molar-refractivity contribution in [3.63, 3.8) is 0 Å². The molecule has 0 aliphatic rings. The standard InChI is InChI=1S/C22H21N3O4S2/c1-28-17-10-11-19(29-2)18(13-17)24-31(26,27)21-15-25(14-16-7-4-3-5-8-16)23-22(21)20-9-6-12-30-20/h3-13,15,24H,14H2,1-2H3. The van der Waals surface area contributed by atoms with Crippen molar-refractivity contribution in [1.29, 1.82) is 0 Å². The van der Waals surface area contributed by atoms with Gasteiger partial charge in [0.25, 0.3) is 10.0 Å². The van der Waals surface area contributed by atoms with E-state index >= 15 is 0 Å². The van der Waals surface area contributed by atoms with Gasteiger partial charge in [0.2, 0.25) is 0 Å². The van der Waals surface area contributed by atoms with Crippen molar-refractivity contribution in [2.45, 2.75) is 11.4 Å². The minimum atomic E-state index is -3.96. The number of rotatable bonds is 8. The Bertz CT molecular complexity index is 1270. The molecule has 4 rings (SSSR count). The lowest BCUT2D eigenvalue weighted by atomic mass is 10.2. The van der Waals surface area contributed by atoms with E-state index in [1.807, 2.05) is 47.8 Å². The van der Waals surface area contributed by atoms with Crippen LogP contribution in [0.5, 0.6) is 11.5 Å². The van der Waals surface area contributed by atoms with E-state index in [2.05, 4.69) is 9.82 Å². The van der Waals surface area contributed by atoms with Crippen molar-refractivity contribution in [3.8, 4) is 22.1 Å². The minimum Gasteiger partial charge on any atom is -0.497 e. The highest BCUT2D eigenvalue weighted by molar-refractivity contribution is 7.92. The van der Waals surface area contributed by atoms with Gasteiger partial charge in [-0.2, -0.15) is 5.10 Å². The highest BCUT2D eigenvalue weighted by atomic mass is 32.2. The second-order valence-corrected chi connectivity index (χ2v) is 9.27. The molecule has 0 amide bonds. The lowest BCUT2D eigenvalue weighted by Crippen LogP contribution is -2.14. The van der Waals surface area contributed by atoms with Gasteiger partial charge in [0.05, 0.1) is 31.3 Å². The molecule has 0 fully saturated rings. The first kappa shape index (κ1) is 21.0. The van der Waals surface area contributed by atoms with Crippen molar-refractivity contribution in [2.24, 2.45) is 0 Å². The van der Waals surface area contributed by atoms with Crippen molar-refractivity contribution in [1.82, 2.24) is 9.78 Å². The van der Waals surface area contributed by atoms with Gasteiger partial charge in [0.15, 0.2) is 0 Å². The zero-order valence-corrected chi connectivity index (χ0v) is 18.6. The maximum Gasteiger partial charge on any atom is 0.265 e. The van der Waals surface area contributed by atoms with Crippen LogP contribution in [0.2, 0.25) is 0 Å². The molecule has 9 heteroatoms. The Labute approximate surface area is 184 Å². The predicted octanol–water partition coefficient (Wildman–Crippen LogP) is 4.48. The molecule has 160 valence electrons.